The monoisotopic (exact) mass is 508 g/mol. The van der Waals surface area contributed by atoms with Gasteiger partial charge < -0.3 is 19.1 Å². The van der Waals surface area contributed by atoms with Crippen LogP contribution in [0.5, 0.6) is 0 Å². The van der Waals surface area contributed by atoms with Crippen LogP contribution >= 0.6 is 0 Å². The molecule has 0 aliphatic heterocycles. The number of hydrogen-bond acceptors (Lipinski definition) is 6. The zero-order valence-corrected chi connectivity index (χ0v) is 23.5. The molecule has 0 N–H and O–H groups in total. The van der Waals surface area contributed by atoms with Crippen LogP contribution in [0.1, 0.15) is 104 Å². The highest BCUT2D eigenvalue weighted by Crippen LogP contribution is 2.09. The number of hydrogen-bond donors (Lipinski definition) is 0. The summed E-state index contributed by atoms with van der Waals surface area (Å²) in [5.41, 5.74) is 0. The lowest BCUT2D eigenvalue weighted by atomic mass is 10.1. The second-order valence-electron chi connectivity index (χ2n) is 9.32. The standard InChI is InChI=1S/C30H54NO5/c1-5-8-9-10-11-12-13-14-15-16-17-18-19-20-21-23-29(32)35-26-28(4)27-36-30(33)34-25-22-24-31(6-2)7-3/h11-12,14-15,28H,4-10,13,16-27H2,1-3H3/b12-11-,15-14-. The van der Waals surface area contributed by atoms with E-state index < -0.39 is 6.16 Å². The van der Waals surface area contributed by atoms with E-state index in [1.54, 1.807) is 0 Å². The largest absolute Gasteiger partial charge is 0.508 e. The Balaban J connectivity index is 3.54. The Morgan fingerprint density at radius 1 is 0.750 bits per heavy atom. The molecular formula is C30H54NO5. The van der Waals surface area contributed by atoms with Gasteiger partial charge in [-0.2, -0.15) is 0 Å². The molecule has 0 aromatic heterocycles. The lowest BCUT2D eigenvalue weighted by Crippen LogP contribution is -2.25. The first-order valence-corrected chi connectivity index (χ1v) is 14.3. The molecule has 0 aliphatic rings. The SMILES string of the molecule is [CH2]C(COC(=O)CCCCCCC/C=C\C/C=C\CCCCC)COC(=O)OCCCN(CC)CC. The Morgan fingerprint density at radius 3 is 2.03 bits per heavy atom. The molecule has 0 rings (SSSR count). The van der Waals surface area contributed by atoms with Crippen molar-refractivity contribution in [2.24, 2.45) is 5.92 Å². The smallest absolute Gasteiger partial charge is 0.465 e. The van der Waals surface area contributed by atoms with Crippen molar-refractivity contribution >= 4 is 12.1 Å². The molecule has 0 amide bonds. The zero-order valence-electron chi connectivity index (χ0n) is 23.5. The van der Waals surface area contributed by atoms with Crippen LogP contribution in [0.2, 0.25) is 0 Å². The quantitative estimate of drug-likeness (QED) is 0.0757. The molecule has 6 heteroatoms. The molecule has 6 nitrogen and oxygen atoms in total. The third-order valence-corrected chi connectivity index (χ3v) is 5.98. The van der Waals surface area contributed by atoms with Gasteiger partial charge in [0.1, 0.15) is 6.61 Å². The zero-order chi connectivity index (χ0) is 26.7. The number of unbranched alkanes of at least 4 members (excludes halogenated alkanes) is 8. The van der Waals surface area contributed by atoms with Crippen molar-refractivity contribution in [1.82, 2.24) is 4.90 Å². The van der Waals surface area contributed by atoms with E-state index in [4.69, 9.17) is 14.2 Å². The summed E-state index contributed by atoms with van der Waals surface area (Å²) in [7, 11) is 0. The van der Waals surface area contributed by atoms with E-state index in [1.807, 2.05) is 0 Å². The average Bonchev–Trinajstić information content (AvgIpc) is 2.88. The van der Waals surface area contributed by atoms with E-state index in [0.29, 0.717) is 13.0 Å². The summed E-state index contributed by atoms with van der Waals surface area (Å²) in [5.74, 6) is -0.518. The summed E-state index contributed by atoms with van der Waals surface area (Å²) >= 11 is 0. The third kappa shape index (κ3) is 23.9. The molecule has 1 atom stereocenters. The summed E-state index contributed by atoms with van der Waals surface area (Å²) in [6, 6.07) is 0. The lowest BCUT2D eigenvalue weighted by molar-refractivity contribution is -0.145. The molecule has 1 unspecified atom stereocenters. The van der Waals surface area contributed by atoms with E-state index in [-0.39, 0.29) is 25.1 Å². The molecule has 0 aromatic rings. The van der Waals surface area contributed by atoms with Gasteiger partial charge >= 0.3 is 12.1 Å². The first-order valence-electron chi connectivity index (χ1n) is 14.3. The molecule has 209 valence electrons. The fourth-order valence-corrected chi connectivity index (χ4v) is 3.62. The molecule has 0 aromatic carbocycles. The number of carbonyl (C=O) groups is 2. The highest BCUT2D eigenvalue weighted by molar-refractivity contribution is 5.69. The second kappa shape index (κ2) is 26.2. The van der Waals surface area contributed by atoms with Gasteiger partial charge in [-0.1, -0.05) is 77.2 Å². The van der Waals surface area contributed by atoms with Crippen LogP contribution in [0.4, 0.5) is 4.79 Å². The summed E-state index contributed by atoms with van der Waals surface area (Å²) in [4.78, 5) is 25.8. The lowest BCUT2D eigenvalue weighted by Gasteiger charge is -2.17. The Bertz CT molecular complexity index is 572. The number of ether oxygens (including phenoxy) is 3. The van der Waals surface area contributed by atoms with Crippen molar-refractivity contribution in [3.63, 3.8) is 0 Å². The van der Waals surface area contributed by atoms with Gasteiger partial charge in [0.25, 0.3) is 0 Å². The van der Waals surface area contributed by atoms with Gasteiger partial charge in [0.15, 0.2) is 0 Å². The predicted molar refractivity (Wildman–Crippen MR) is 149 cm³/mol. The van der Waals surface area contributed by atoms with Crippen LogP contribution in [0.15, 0.2) is 24.3 Å². The van der Waals surface area contributed by atoms with Crippen LogP contribution in [-0.4, -0.2) is 56.5 Å². The minimum Gasteiger partial charge on any atom is -0.465 e. The minimum atomic E-state index is -0.695. The van der Waals surface area contributed by atoms with Gasteiger partial charge in [-0.15, -0.1) is 0 Å². The number of allylic oxidation sites excluding steroid dienone is 4. The van der Waals surface area contributed by atoms with E-state index in [0.717, 1.165) is 58.2 Å². The first kappa shape index (κ1) is 34.2. The van der Waals surface area contributed by atoms with Crippen molar-refractivity contribution in [1.29, 1.82) is 0 Å². The van der Waals surface area contributed by atoms with Crippen molar-refractivity contribution in [2.45, 2.75) is 104 Å². The maximum atomic E-state index is 11.9. The van der Waals surface area contributed by atoms with E-state index in [9.17, 15) is 9.59 Å². The molecule has 0 fully saturated rings. The number of esters is 1. The molecular weight excluding hydrogens is 454 g/mol. The maximum Gasteiger partial charge on any atom is 0.508 e. The number of rotatable bonds is 24. The Labute approximate surface area is 221 Å². The van der Waals surface area contributed by atoms with Gasteiger partial charge in [-0.25, -0.2) is 4.79 Å². The van der Waals surface area contributed by atoms with E-state index in [2.05, 4.69) is 56.9 Å². The first-order chi connectivity index (χ1) is 17.5. The molecule has 36 heavy (non-hydrogen) atoms. The molecule has 0 saturated heterocycles. The summed E-state index contributed by atoms with van der Waals surface area (Å²) in [5, 5.41) is 0. The number of carbonyl (C=O) groups excluding carboxylic acids is 2. The van der Waals surface area contributed by atoms with Gasteiger partial charge in [0.2, 0.25) is 0 Å². The van der Waals surface area contributed by atoms with Crippen LogP contribution in [0.3, 0.4) is 0 Å². The molecule has 0 spiro atoms. The van der Waals surface area contributed by atoms with Gasteiger partial charge in [-0.3, -0.25) is 4.79 Å². The summed E-state index contributed by atoms with van der Waals surface area (Å²) in [6.07, 6.45) is 22.3. The average molecular weight is 509 g/mol. The highest BCUT2D eigenvalue weighted by atomic mass is 16.7. The Hall–Kier alpha value is -1.82. The molecule has 0 bridgehead atoms. The van der Waals surface area contributed by atoms with Crippen molar-refractivity contribution < 1.29 is 23.8 Å². The third-order valence-electron chi connectivity index (χ3n) is 5.98. The fourth-order valence-electron chi connectivity index (χ4n) is 3.62. The molecule has 0 aliphatic carbocycles. The van der Waals surface area contributed by atoms with E-state index in [1.165, 1.54) is 38.5 Å². The minimum absolute atomic E-state index is 0.0752. The number of nitrogens with zero attached hydrogens (tertiary/aromatic N) is 1. The molecule has 0 heterocycles. The fraction of sp³-hybridized carbons (Fsp3) is 0.767. The normalized spacial score (nSPS) is 12.5. The van der Waals surface area contributed by atoms with Crippen LogP contribution < -0.4 is 0 Å². The van der Waals surface area contributed by atoms with Crippen LogP contribution in [0, 0.1) is 12.8 Å². The van der Waals surface area contributed by atoms with Gasteiger partial charge in [-0.05, 0) is 65.0 Å². The summed E-state index contributed by atoms with van der Waals surface area (Å²) in [6.45, 7) is 13.7. The van der Waals surface area contributed by atoms with Crippen molar-refractivity contribution in [3.8, 4) is 0 Å². The second-order valence-corrected chi connectivity index (χ2v) is 9.32. The van der Waals surface area contributed by atoms with Crippen molar-refractivity contribution in [2.75, 3.05) is 39.5 Å². The van der Waals surface area contributed by atoms with Crippen LogP contribution in [-0.2, 0) is 19.0 Å². The highest BCUT2D eigenvalue weighted by Gasteiger charge is 2.11. The Morgan fingerprint density at radius 2 is 1.36 bits per heavy atom. The van der Waals surface area contributed by atoms with Gasteiger partial charge in [0.05, 0.1) is 13.2 Å². The Kier molecular flexibility index (Phi) is 24.9. The molecule has 0 saturated carbocycles. The maximum absolute atomic E-state index is 11.9. The van der Waals surface area contributed by atoms with Crippen LogP contribution in [0.25, 0.3) is 0 Å². The summed E-state index contributed by atoms with van der Waals surface area (Å²) < 4.78 is 15.4. The topological polar surface area (TPSA) is 65.1 Å². The molecule has 1 radical (unpaired) electrons. The van der Waals surface area contributed by atoms with Crippen molar-refractivity contribution in [3.05, 3.63) is 31.2 Å². The predicted octanol–water partition coefficient (Wildman–Crippen LogP) is 7.68. The van der Waals surface area contributed by atoms with E-state index >= 15 is 0 Å². The van der Waals surface area contributed by atoms with Gasteiger partial charge in [0, 0.05) is 18.9 Å².